The second kappa shape index (κ2) is 6.76. The zero-order valence-electron chi connectivity index (χ0n) is 14.4. The molecule has 0 saturated heterocycles. The molecular weight excluding hydrogens is 328 g/mol. The zero-order valence-corrected chi connectivity index (χ0v) is 14.4. The summed E-state index contributed by atoms with van der Waals surface area (Å²) in [4.78, 5) is 17.6. The molecule has 0 aliphatic rings. The molecule has 6 heteroatoms. The van der Waals surface area contributed by atoms with Gasteiger partial charge in [0.2, 0.25) is 0 Å². The van der Waals surface area contributed by atoms with Crippen molar-refractivity contribution < 1.29 is 9.47 Å². The van der Waals surface area contributed by atoms with Gasteiger partial charge in [-0.25, -0.2) is 19.9 Å². The van der Waals surface area contributed by atoms with E-state index in [2.05, 4.69) is 19.9 Å². The fraction of sp³-hybridized carbons (Fsp3) is 0.100. The Hall–Kier alpha value is -3.54. The lowest BCUT2D eigenvalue weighted by Gasteiger charge is -2.15. The van der Waals surface area contributed by atoms with Crippen LogP contribution >= 0.6 is 0 Å². The highest BCUT2D eigenvalue weighted by molar-refractivity contribution is 6.06. The van der Waals surface area contributed by atoms with E-state index in [-0.39, 0.29) is 0 Å². The van der Waals surface area contributed by atoms with Crippen molar-refractivity contribution in [3.8, 4) is 34.3 Å². The Kier molecular flexibility index (Phi) is 4.15. The maximum atomic E-state index is 5.66. The van der Waals surface area contributed by atoms with E-state index in [1.165, 1.54) is 0 Å². The molecule has 2 aromatic heterocycles. The van der Waals surface area contributed by atoms with Crippen LogP contribution in [0.25, 0.3) is 33.5 Å². The lowest BCUT2D eigenvalue weighted by atomic mass is 9.97. The van der Waals surface area contributed by atoms with Crippen LogP contribution in [0.4, 0.5) is 0 Å². The van der Waals surface area contributed by atoms with Crippen LogP contribution in [-0.2, 0) is 0 Å². The fourth-order valence-electron chi connectivity index (χ4n) is 2.95. The van der Waals surface area contributed by atoms with Crippen molar-refractivity contribution in [1.82, 2.24) is 19.9 Å². The first kappa shape index (κ1) is 16.0. The fourth-order valence-corrected chi connectivity index (χ4v) is 2.95. The van der Waals surface area contributed by atoms with Crippen molar-refractivity contribution in [3.63, 3.8) is 0 Å². The summed E-state index contributed by atoms with van der Waals surface area (Å²) in [6.07, 6.45) is 6.86. The predicted molar refractivity (Wildman–Crippen MR) is 99.1 cm³/mol. The number of benzene rings is 2. The average molecular weight is 344 g/mol. The molecule has 0 unspecified atom stereocenters. The van der Waals surface area contributed by atoms with Gasteiger partial charge >= 0.3 is 0 Å². The Labute approximate surface area is 150 Å². The molecule has 4 rings (SSSR count). The van der Waals surface area contributed by atoms with Gasteiger partial charge in [-0.15, -0.1) is 0 Å². The van der Waals surface area contributed by atoms with Crippen molar-refractivity contribution in [3.05, 3.63) is 61.2 Å². The lowest BCUT2D eigenvalue weighted by molar-refractivity contribution is 0.414. The number of nitrogens with zero attached hydrogens (tertiary/aromatic N) is 4. The van der Waals surface area contributed by atoms with Gasteiger partial charge in [0.15, 0.2) is 11.6 Å². The van der Waals surface area contributed by atoms with E-state index in [0.29, 0.717) is 17.4 Å². The molecule has 26 heavy (non-hydrogen) atoms. The highest BCUT2D eigenvalue weighted by atomic mass is 16.5. The smallest absolute Gasteiger partial charge is 0.163 e. The molecule has 0 aliphatic heterocycles. The van der Waals surface area contributed by atoms with Crippen LogP contribution < -0.4 is 9.47 Å². The van der Waals surface area contributed by atoms with E-state index in [0.717, 1.165) is 27.6 Å². The Morgan fingerprint density at radius 3 is 1.96 bits per heavy atom. The maximum Gasteiger partial charge on any atom is 0.163 e. The molecule has 128 valence electrons. The van der Waals surface area contributed by atoms with Crippen LogP contribution in [0.2, 0.25) is 0 Å². The predicted octanol–water partition coefficient (Wildman–Crippen LogP) is 3.77. The van der Waals surface area contributed by atoms with Crippen LogP contribution in [0.15, 0.2) is 61.2 Å². The molecule has 2 aromatic carbocycles. The summed E-state index contributed by atoms with van der Waals surface area (Å²) in [7, 11) is 3.28. The van der Waals surface area contributed by atoms with Crippen LogP contribution in [0.3, 0.4) is 0 Å². The summed E-state index contributed by atoms with van der Waals surface area (Å²) in [5.74, 6) is 2.63. The molecule has 6 nitrogen and oxygen atoms in total. The molecule has 4 aromatic rings. The van der Waals surface area contributed by atoms with Crippen LogP contribution in [0.1, 0.15) is 0 Å². The van der Waals surface area contributed by atoms with Crippen molar-refractivity contribution in [2.75, 3.05) is 14.2 Å². The molecule has 2 heterocycles. The number of hydrogen-bond acceptors (Lipinski definition) is 6. The number of aromatic nitrogens is 4. The normalized spacial score (nSPS) is 10.7. The highest BCUT2D eigenvalue weighted by Crippen LogP contribution is 2.41. The van der Waals surface area contributed by atoms with E-state index in [1.54, 1.807) is 51.1 Å². The summed E-state index contributed by atoms with van der Waals surface area (Å²) in [5.41, 5.74) is 1.68. The topological polar surface area (TPSA) is 70.0 Å². The summed E-state index contributed by atoms with van der Waals surface area (Å²) in [5, 5.41) is 1.89. The Morgan fingerprint density at radius 1 is 0.692 bits per heavy atom. The number of rotatable bonds is 4. The SMILES string of the molecule is COc1ccc2c(-c3ncccn3)c(OC)cc(-c3ncccn3)c2c1. The largest absolute Gasteiger partial charge is 0.497 e. The maximum absolute atomic E-state index is 5.66. The first-order valence-electron chi connectivity index (χ1n) is 8.05. The van der Waals surface area contributed by atoms with E-state index < -0.39 is 0 Å². The molecular formula is C20H16N4O2. The van der Waals surface area contributed by atoms with Crippen LogP contribution in [0, 0.1) is 0 Å². The van der Waals surface area contributed by atoms with Gasteiger partial charge in [0.05, 0.1) is 19.8 Å². The van der Waals surface area contributed by atoms with Gasteiger partial charge in [-0.05, 0) is 47.2 Å². The van der Waals surface area contributed by atoms with Crippen molar-refractivity contribution in [2.45, 2.75) is 0 Å². The molecule has 0 fully saturated rings. The minimum Gasteiger partial charge on any atom is -0.497 e. The van der Waals surface area contributed by atoms with Gasteiger partial charge in [0, 0.05) is 30.4 Å². The van der Waals surface area contributed by atoms with Gasteiger partial charge in [0.25, 0.3) is 0 Å². The van der Waals surface area contributed by atoms with Crippen molar-refractivity contribution in [2.24, 2.45) is 0 Å². The van der Waals surface area contributed by atoms with Gasteiger partial charge in [-0.3, -0.25) is 0 Å². The summed E-state index contributed by atoms with van der Waals surface area (Å²) >= 11 is 0. The minimum atomic E-state index is 0.597. The quantitative estimate of drug-likeness (QED) is 0.561. The van der Waals surface area contributed by atoms with Crippen molar-refractivity contribution in [1.29, 1.82) is 0 Å². The average Bonchev–Trinajstić information content (AvgIpc) is 2.73. The minimum absolute atomic E-state index is 0.597. The first-order valence-corrected chi connectivity index (χ1v) is 8.05. The molecule has 0 spiro atoms. The van der Waals surface area contributed by atoms with E-state index >= 15 is 0 Å². The third-order valence-electron chi connectivity index (χ3n) is 4.12. The summed E-state index contributed by atoms with van der Waals surface area (Å²) in [6.45, 7) is 0. The van der Waals surface area contributed by atoms with Gasteiger partial charge in [-0.2, -0.15) is 0 Å². The Morgan fingerprint density at radius 2 is 1.35 bits per heavy atom. The molecule has 0 amide bonds. The second-order valence-corrected chi connectivity index (χ2v) is 5.56. The standard InChI is InChI=1S/C20H16N4O2/c1-25-13-5-6-14-15(11-13)16(19-21-7-3-8-22-19)12-17(26-2)18(14)20-23-9-4-10-24-20/h3-12H,1-2H3. The van der Waals surface area contributed by atoms with Gasteiger partial charge in [0.1, 0.15) is 11.5 Å². The number of fused-ring (bicyclic) bond motifs is 1. The monoisotopic (exact) mass is 344 g/mol. The number of methoxy groups -OCH3 is 2. The number of hydrogen-bond donors (Lipinski definition) is 0. The van der Waals surface area contributed by atoms with Gasteiger partial charge in [-0.1, -0.05) is 0 Å². The number of ether oxygens (including phenoxy) is 2. The van der Waals surface area contributed by atoms with Crippen LogP contribution in [-0.4, -0.2) is 34.2 Å². The molecule has 0 saturated carbocycles. The molecule has 0 radical (unpaired) electrons. The van der Waals surface area contributed by atoms with Crippen molar-refractivity contribution >= 4 is 10.8 Å². The molecule has 0 N–H and O–H groups in total. The Bertz CT molecular complexity index is 1050. The van der Waals surface area contributed by atoms with Crippen LogP contribution in [0.5, 0.6) is 11.5 Å². The first-order chi connectivity index (χ1) is 12.8. The van der Waals surface area contributed by atoms with E-state index in [9.17, 15) is 0 Å². The van der Waals surface area contributed by atoms with E-state index in [4.69, 9.17) is 9.47 Å². The third-order valence-corrected chi connectivity index (χ3v) is 4.12. The zero-order chi connectivity index (χ0) is 17.9. The summed E-state index contributed by atoms with van der Waals surface area (Å²) < 4.78 is 11.1. The summed E-state index contributed by atoms with van der Waals surface area (Å²) in [6, 6.07) is 11.3. The Balaban J connectivity index is 2.11. The molecule has 0 aliphatic carbocycles. The lowest BCUT2D eigenvalue weighted by Crippen LogP contribution is -1.97. The second-order valence-electron chi connectivity index (χ2n) is 5.56. The van der Waals surface area contributed by atoms with Gasteiger partial charge < -0.3 is 9.47 Å². The highest BCUT2D eigenvalue weighted by Gasteiger charge is 2.19. The molecule has 0 atom stereocenters. The van der Waals surface area contributed by atoms with E-state index in [1.807, 2.05) is 24.3 Å². The third kappa shape index (κ3) is 2.71. The molecule has 0 bridgehead atoms.